The van der Waals surface area contributed by atoms with Crippen LogP contribution in [0.1, 0.15) is 22.8 Å². The summed E-state index contributed by atoms with van der Waals surface area (Å²) in [5.41, 5.74) is 0.957. The maximum atomic E-state index is 12.6. The van der Waals surface area contributed by atoms with Gasteiger partial charge in [-0.05, 0) is 42.0 Å². The molecule has 0 aliphatic carbocycles. The molecule has 0 aliphatic heterocycles. The van der Waals surface area contributed by atoms with E-state index in [1.807, 2.05) is 13.8 Å². The van der Waals surface area contributed by atoms with Gasteiger partial charge >= 0.3 is 11.7 Å². The van der Waals surface area contributed by atoms with Crippen LogP contribution in [0.3, 0.4) is 0 Å². The number of rotatable bonds is 4. The van der Waals surface area contributed by atoms with E-state index in [1.54, 1.807) is 35.1 Å². The highest BCUT2D eigenvalue weighted by molar-refractivity contribution is 5.94. The lowest BCUT2D eigenvalue weighted by Crippen LogP contribution is -2.24. The van der Waals surface area contributed by atoms with Crippen LogP contribution in [0.15, 0.2) is 35.3 Å². The first-order valence-electron chi connectivity index (χ1n) is 7.35. The molecule has 0 amide bonds. The summed E-state index contributed by atoms with van der Waals surface area (Å²) in [5.74, 6) is -0.265. The van der Waals surface area contributed by atoms with Crippen molar-refractivity contribution in [3.63, 3.8) is 0 Å². The Balaban J connectivity index is 2.03. The molecule has 24 heavy (non-hydrogen) atoms. The highest BCUT2D eigenvalue weighted by atomic mass is 16.5. The van der Waals surface area contributed by atoms with Crippen molar-refractivity contribution in [1.29, 1.82) is 0 Å². The maximum Gasteiger partial charge on any atom is 0.368 e. The van der Waals surface area contributed by atoms with Crippen molar-refractivity contribution in [2.75, 3.05) is 0 Å². The summed E-state index contributed by atoms with van der Waals surface area (Å²) in [6.45, 7) is 4.31. The molecule has 0 radical (unpaired) electrons. The SMILES string of the molecule is CCn1nccc1OC(=O)c1ccc(C)cc1-n1nnn(C)c1=O. The van der Waals surface area contributed by atoms with Gasteiger partial charge in [-0.15, -0.1) is 0 Å². The molecule has 0 atom stereocenters. The van der Waals surface area contributed by atoms with Crippen LogP contribution in [0.2, 0.25) is 0 Å². The fourth-order valence-electron chi connectivity index (χ4n) is 2.25. The zero-order valence-electron chi connectivity index (χ0n) is 13.5. The Morgan fingerprint density at radius 2 is 2.04 bits per heavy atom. The molecular formula is C15H16N6O3. The Hall–Kier alpha value is -3.23. The van der Waals surface area contributed by atoms with Gasteiger partial charge in [-0.2, -0.15) is 14.5 Å². The van der Waals surface area contributed by atoms with E-state index >= 15 is 0 Å². The van der Waals surface area contributed by atoms with Gasteiger partial charge in [0.2, 0.25) is 5.88 Å². The number of nitrogens with zero attached hydrogens (tertiary/aromatic N) is 6. The first-order valence-corrected chi connectivity index (χ1v) is 7.35. The molecule has 0 spiro atoms. The number of carbonyl (C=O) groups is 1. The van der Waals surface area contributed by atoms with Crippen LogP contribution in [0.5, 0.6) is 5.88 Å². The van der Waals surface area contributed by atoms with Crippen molar-refractivity contribution in [3.05, 3.63) is 52.1 Å². The summed E-state index contributed by atoms with van der Waals surface area (Å²) in [7, 11) is 1.49. The van der Waals surface area contributed by atoms with Crippen LogP contribution < -0.4 is 10.4 Å². The zero-order valence-corrected chi connectivity index (χ0v) is 13.5. The largest absolute Gasteiger partial charge is 0.404 e. The van der Waals surface area contributed by atoms with E-state index in [9.17, 15) is 9.59 Å². The number of hydrogen-bond donors (Lipinski definition) is 0. The van der Waals surface area contributed by atoms with E-state index in [1.165, 1.54) is 7.05 Å². The standard InChI is InChI=1S/C15H16N6O3/c1-4-20-13(7-8-16-20)24-14(22)11-6-5-10(2)9-12(11)21-15(23)19(3)17-18-21/h5-9H,4H2,1-3H3. The third kappa shape index (κ3) is 2.71. The Bertz CT molecular complexity index is 952. The van der Waals surface area contributed by atoms with Crippen LogP contribution in [0.4, 0.5) is 0 Å². The van der Waals surface area contributed by atoms with Gasteiger partial charge in [0.05, 0.1) is 17.4 Å². The van der Waals surface area contributed by atoms with Crippen LogP contribution in [0, 0.1) is 6.92 Å². The number of aryl methyl sites for hydroxylation is 3. The number of benzene rings is 1. The fraction of sp³-hybridized carbons (Fsp3) is 0.267. The second kappa shape index (κ2) is 6.11. The molecule has 0 fully saturated rings. The average molecular weight is 328 g/mol. The molecule has 0 unspecified atom stereocenters. The van der Waals surface area contributed by atoms with Crippen LogP contribution in [0.25, 0.3) is 5.69 Å². The van der Waals surface area contributed by atoms with Crippen LogP contribution in [-0.2, 0) is 13.6 Å². The molecule has 0 N–H and O–H groups in total. The number of tetrazole rings is 1. The Labute approximate surface area is 137 Å². The van der Waals surface area contributed by atoms with E-state index in [0.717, 1.165) is 14.9 Å². The molecule has 3 rings (SSSR count). The predicted octanol–water partition coefficient (Wildman–Crippen LogP) is 0.710. The van der Waals surface area contributed by atoms with Gasteiger partial charge in [-0.3, -0.25) is 0 Å². The molecule has 1 aromatic carbocycles. The normalized spacial score (nSPS) is 10.8. The molecule has 2 heterocycles. The summed E-state index contributed by atoms with van der Waals surface area (Å²) in [6, 6.07) is 6.65. The van der Waals surface area contributed by atoms with E-state index in [4.69, 9.17) is 4.74 Å². The molecule has 9 heteroatoms. The third-order valence-electron chi connectivity index (χ3n) is 3.50. The van der Waals surface area contributed by atoms with Crippen molar-refractivity contribution in [2.45, 2.75) is 20.4 Å². The van der Waals surface area contributed by atoms with E-state index in [2.05, 4.69) is 15.5 Å². The number of hydrogen-bond acceptors (Lipinski definition) is 6. The monoisotopic (exact) mass is 328 g/mol. The fourth-order valence-corrected chi connectivity index (χ4v) is 2.25. The first-order chi connectivity index (χ1) is 11.5. The van der Waals surface area contributed by atoms with Gasteiger partial charge < -0.3 is 4.74 Å². The van der Waals surface area contributed by atoms with E-state index < -0.39 is 11.7 Å². The third-order valence-corrected chi connectivity index (χ3v) is 3.50. The lowest BCUT2D eigenvalue weighted by atomic mass is 10.1. The van der Waals surface area contributed by atoms with Gasteiger partial charge in [0, 0.05) is 19.7 Å². The molecule has 3 aromatic rings. The van der Waals surface area contributed by atoms with E-state index in [0.29, 0.717) is 18.1 Å². The van der Waals surface area contributed by atoms with Gasteiger partial charge in [-0.1, -0.05) is 6.07 Å². The molecule has 0 saturated heterocycles. The van der Waals surface area contributed by atoms with Gasteiger partial charge in [0.15, 0.2) is 0 Å². The lowest BCUT2D eigenvalue weighted by Gasteiger charge is -2.10. The second-order valence-electron chi connectivity index (χ2n) is 5.19. The van der Waals surface area contributed by atoms with Crippen molar-refractivity contribution in [3.8, 4) is 11.6 Å². The summed E-state index contributed by atoms with van der Waals surface area (Å²) in [5, 5.41) is 11.5. The van der Waals surface area contributed by atoms with Crippen LogP contribution in [-0.4, -0.2) is 35.5 Å². The highest BCUT2D eigenvalue weighted by Gasteiger charge is 2.19. The van der Waals surface area contributed by atoms with Crippen molar-refractivity contribution >= 4 is 5.97 Å². The Morgan fingerprint density at radius 3 is 2.71 bits per heavy atom. The Morgan fingerprint density at radius 1 is 1.25 bits per heavy atom. The number of carbonyl (C=O) groups excluding carboxylic acids is 1. The molecular weight excluding hydrogens is 312 g/mol. The van der Waals surface area contributed by atoms with Gasteiger partial charge in [0.1, 0.15) is 0 Å². The first kappa shape index (κ1) is 15.7. The maximum absolute atomic E-state index is 12.6. The number of esters is 1. The average Bonchev–Trinajstić information content (AvgIpc) is 3.14. The molecule has 0 saturated carbocycles. The number of aromatic nitrogens is 6. The second-order valence-corrected chi connectivity index (χ2v) is 5.19. The Kier molecular flexibility index (Phi) is 3.98. The van der Waals surface area contributed by atoms with E-state index in [-0.39, 0.29) is 5.56 Å². The predicted molar refractivity (Wildman–Crippen MR) is 84.2 cm³/mol. The summed E-state index contributed by atoms with van der Waals surface area (Å²) in [4.78, 5) is 24.7. The van der Waals surface area contributed by atoms with Crippen molar-refractivity contribution in [1.82, 2.24) is 29.6 Å². The lowest BCUT2D eigenvalue weighted by molar-refractivity contribution is 0.0718. The number of ether oxygens (including phenoxy) is 1. The summed E-state index contributed by atoms with van der Waals surface area (Å²) >= 11 is 0. The van der Waals surface area contributed by atoms with Crippen LogP contribution >= 0.6 is 0 Å². The summed E-state index contributed by atoms with van der Waals surface area (Å²) in [6.07, 6.45) is 1.55. The molecule has 0 bridgehead atoms. The molecule has 9 nitrogen and oxygen atoms in total. The van der Waals surface area contributed by atoms with Gasteiger partial charge in [0.25, 0.3) is 0 Å². The van der Waals surface area contributed by atoms with Crippen molar-refractivity contribution in [2.24, 2.45) is 7.05 Å². The minimum absolute atomic E-state index is 0.215. The molecule has 2 aromatic heterocycles. The minimum Gasteiger partial charge on any atom is -0.404 e. The molecule has 0 aliphatic rings. The topological polar surface area (TPSA) is 96.8 Å². The molecule has 124 valence electrons. The highest BCUT2D eigenvalue weighted by Crippen LogP contribution is 2.18. The van der Waals surface area contributed by atoms with Gasteiger partial charge in [-0.25, -0.2) is 14.3 Å². The quantitative estimate of drug-likeness (QED) is 0.654. The van der Waals surface area contributed by atoms with Crippen molar-refractivity contribution < 1.29 is 9.53 Å². The summed E-state index contributed by atoms with van der Waals surface area (Å²) < 4.78 is 9.12. The zero-order chi connectivity index (χ0) is 17.3. The smallest absolute Gasteiger partial charge is 0.368 e. The minimum atomic E-state index is -0.599.